The van der Waals surface area contributed by atoms with Crippen LogP contribution in [0.3, 0.4) is 0 Å². The van der Waals surface area contributed by atoms with Gasteiger partial charge in [-0.15, -0.1) is 0 Å². The lowest BCUT2D eigenvalue weighted by Gasteiger charge is -2.21. The van der Waals surface area contributed by atoms with Crippen molar-refractivity contribution in [3.8, 4) is 0 Å². The molecule has 0 fully saturated rings. The van der Waals surface area contributed by atoms with Gasteiger partial charge in [0.05, 0.1) is 26.4 Å². The molecule has 4 nitrogen and oxygen atoms in total. The summed E-state index contributed by atoms with van der Waals surface area (Å²) in [5.41, 5.74) is 0. The van der Waals surface area contributed by atoms with Crippen LogP contribution in [0.5, 0.6) is 0 Å². The van der Waals surface area contributed by atoms with E-state index in [2.05, 4.69) is 37.5 Å². The maximum Gasteiger partial charge on any atom is 0.0701 e. The number of rotatable bonds is 25. The number of unbranched alkanes of at least 4 members (excludes halogenated alkanes) is 10. The van der Waals surface area contributed by atoms with Crippen molar-refractivity contribution in [2.24, 2.45) is 0 Å². The largest absolute Gasteiger partial charge is 0.378 e. The van der Waals surface area contributed by atoms with Crippen molar-refractivity contribution >= 4 is 0 Å². The maximum absolute atomic E-state index is 5.79. The van der Waals surface area contributed by atoms with E-state index in [1.165, 1.54) is 90.1 Å². The molecule has 0 saturated carbocycles. The van der Waals surface area contributed by atoms with E-state index >= 15 is 0 Å². The minimum atomic E-state index is 0.720. The molecule has 0 amide bonds. The highest BCUT2D eigenvalue weighted by molar-refractivity contribution is 4.57. The Balaban J connectivity index is 3.46. The Labute approximate surface area is 190 Å². The molecule has 0 heterocycles. The van der Waals surface area contributed by atoms with Crippen LogP contribution in [0.15, 0.2) is 0 Å². The third-order valence-corrected chi connectivity index (χ3v) is 6.03. The van der Waals surface area contributed by atoms with Gasteiger partial charge >= 0.3 is 0 Å². The first-order valence-electron chi connectivity index (χ1n) is 13.4. The Hall–Kier alpha value is -0.160. The molecule has 4 heteroatoms. The molecule has 0 aliphatic heterocycles. The van der Waals surface area contributed by atoms with Crippen LogP contribution in [0.1, 0.15) is 105 Å². The molecule has 0 saturated heterocycles. The first kappa shape index (κ1) is 29.8. The molecule has 0 bridgehead atoms. The van der Waals surface area contributed by atoms with Crippen LogP contribution in [0.2, 0.25) is 0 Å². The summed E-state index contributed by atoms with van der Waals surface area (Å²) >= 11 is 0. The molecular formula is C26H56N2O2. The Morgan fingerprint density at radius 1 is 0.400 bits per heavy atom. The van der Waals surface area contributed by atoms with Crippen molar-refractivity contribution in [3.63, 3.8) is 0 Å². The monoisotopic (exact) mass is 428 g/mol. The zero-order valence-electron chi connectivity index (χ0n) is 21.3. The van der Waals surface area contributed by atoms with E-state index in [9.17, 15) is 0 Å². The minimum Gasteiger partial charge on any atom is -0.378 e. The SMILES string of the molecule is CCCCCCCCN(CC)CCOCCOCCN(CC)CCCCCCCC. The van der Waals surface area contributed by atoms with Gasteiger partial charge in [0, 0.05) is 13.1 Å². The van der Waals surface area contributed by atoms with Crippen LogP contribution in [0, 0.1) is 0 Å². The summed E-state index contributed by atoms with van der Waals surface area (Å²) in [5, 5.41) is 0. The summed E-state index contributed by atoms with van der Waals surface area (Å²) in [7, 11) is 0. The van der Waals surface area contributed by atoms with Gasteiger partial charge < -0.3 is 19.3 Å². The van der Waals surface area contributed by atoms with Gasteiger partial charge in [-0.1, -0.05) is 91.9 Å². The molecule has 0 rings (SSSR count). The number of likely N-dealkylation sites (N-methyl/N-ethyl adjacent to an activating group) is 2. The molecule has 0 aromatic heterocycles. The van der Waals surface area contributed by atoms with Crippen LogP contribution in [-0.2, 0) is 9.47 Å². The molecule has 0 N–H and O–H groups in total. The highest BCUT2D eigenvalue weighted by atomic mass is 16.5. The first-order valence-corrected chi connectivity index (χ1v) is 13.4. The van der Waals surface area contributed by atoms with Gasteiger partial charge in [-0.3, -0.25) is 0 Å². The normalized spacial score (nSPS) is 11.8. The summed E-state index contributed by atoms with van der Waals surface area (Å²) in [5.74, 6) is 0. The molecule has 0 unspecified atom stereocenters. The summed E-state index contributed by atoms with van der Waals surface area (Å²) in [6, 6.07) is 0. The molecule has 30 heavy (non-hydrogen) atoms. The number of nitrogens with zero attached hydrogens (tertiary/aromatic N) is 2. The fourth-order valence-corrected chi connectivity index (χ4v) is 3.80. The van der Waals surface area contributed by atoms with E-state index in [4.69, 9.17) is 9.47 Å². The van der Waals surface area contributed by atoms with E-state index < -0.39 is 0 Å². The van der Waals surface area contributed by atoms with E-state index in [1.807, 2.05) is 0 Å². The Morgan fingerprint density at radius 2 is 0.767 bits per heavy atom. The highest BCUT2D eigenvalue weighted by Crippen LogP contribution is 2.07. The topological polar surface area (TPSA) is 24.9 Å². The van der Waals surface area contributed by atoms with Gasteiger partial charge in [0.1, 0.15) is 0 Å². The fraction of sp³-hybridized carbons (Fsp3) is 1.00. The standard InChI is InChI=1S/C26H56N2O2/c1-5-9-11-13-15-17-19-27(7-3)21-23-29-25-26-30-24-22-28(8-4)20-18-16-14-12-10-6-2/h5-26H2,1-4H3. The third kappa shape index (κ3) is 21.1. The Kier molecular flexibility index (Phi) is 25.0. The van der Waals surface area contributed by atoms with Gasteiger partial charge in [-0.25, -0.2) is 0 Å². The molecule has 0 spiro atoms. The lowest BCUT2D eigenvalue weighted by atomic mass is 10.1. The van der Waals surface area contributed by atoms with Crippen LogP contribution >= 0.6 is 0 Å². The van der Waals surface area contributed by atoms with Gasteiger partial charge in [0.25, 0.3) is 0 Å². The van der Waals surface area contributed by atoms with Gasteiger partial charge in [-0.05, 0) is 39.0 Å². The second-order valence-electron chi connectivity index (χ2n) is 8.63. The van der Waals surface area contributed by atoms with E-state index in [-0.39, 0.29) is 0 Å². The molecule has 182 valence electrons. The summed E-state index contributed by atoms with van der Waals surface area (Å²) in [6.45, 7) is 18.9. The first-order chi connectivity index (χ1) is 14.8. The van der Waals surface area contributed by atoms with Gasteiger partial charge in [0.15, 0.2) is 0 Å². The van der Waals surface area contributed by atoms with E-state index in [0.29, 0.717) is 0 Å². The van der Waals surface area contributed by atoms with Crippen LogP contribution < -0.4 is 0 Å². The van der Waals surface area contributed by atoms with Gasteiger partial charge in [-0.2, -0.15) is 0 Å². The van der Waals surface area contributed by atoms with Crippen molar-refractivity contribution in [3.05, 3.63) is 0 Å². The van der Waals surface area contributed by atoms with Gasteiger partial charge in [0.2, 0.25) is 0 Å². The number of ether oxygens (including phenoxy) is 2. The fourth-order valence-electron chi connectivity index (χ4n) is 3.80. The smallest absolute Gasteiger partial charge is 0.0701 e. The summed E-state index contributed by atoms with van der Waals surface area (Å²) in [4.78, 5) is 5.03. The zero-order valence-corrected chi connectivity index (χ0v) is 21.3. The van der Waals surface area contributed by atoms with Crippen molar-refractivity contribution in [1.29, 1.82) is 0 Å². The van der Waals surface area contributed by atoms with E-state index in [0.717, 1.165) is 52.6 Å². The van der Waals surface area contributed by atoms with Crippen molar-refractivity contribution in [1.82, 2.24) is 9.80 Å². The summed E-state index contributed by atoms with van der Waals surface area (Å²) < 4.78 is 11.6. The molecular weight excluding hydrogens is 372 g/mol. The predicted molar refractivity (Wildman–Crippen MR) is 133 cm³/mol. The Bertz CT molecular complexity index is 285. The molecule has 0 radical (unpaired) electrons. The average Bonchev–Trinajstić information content (AvgIpc) is 2.77. The predicted octanol–water partition coefficient (Wildman–Crippen LogP) is 6.38. The van der Waals surface area contributed by atoms with Crippen LogP contribution in [0.4, 0.5) is 0 Å². The molecule has 0 atom stereocenters. The van der Waals surface area contributed by atoms with Crippen molar-refractivity contribution in [2.45, 2.75) is 105 Å². The lowest BCUT2D eigenvalue weighted by Crippen LogP contribution is -2.29. The highest BCUT2D eigenvalue weighted by Gasteiger charge is 2.03. The lowest BCUT2D eigenvalue weighted by molar-refractivity contribution is 0.0317. The second kappa shape index (κ2) is 25.1. The molecule has 0 aromatic carbocycles. The van der Waals surface area contributed by atoms with Crippen LogP contribution in [0.25, 0.3) is 0 Å². The van der Waals surface area contributed by atoms with E-state index in [1.54, 1.807) is 0 Å². The van der Waals surface area contributed by atoms with Crippen molar-refractivity contribution < 1.29 is 9.47 Å². The second-order valence-corrected chi connectivity index (χ2v) is 8.63. The number of hydrogen-bond donors (Lipinski definition) is 0. The number of hydrogen-bond acceptors (Lipinski definition) is 4. The molecule has 0 aliphatic carbocycles. The third-order valence-electron chi connectivity index (χ3n) is 6.03. The summed E-state index contributed by atoms with van der Waals surface area (Å²) in [6.07, 6.45) is 16.4. The Morgan fingerprint density at radius 3 is 1.13 bits per heavy atom. The van der Waals surface area contributed by atoms with Crippen LogP contribution in [-0.4, -0.2) is 75.5 Å². The van der Waals surface area contributed by atoms with Crippen molar-refractivity contribution in [2.75, 3.05) is 65.7 Å². The quantitative estimate of drug-likeness (QED) is 0.157. The average molecular weight is 429 g/mol. The molecule has 0 aromatic rings. The maximum atomic E-state index is 5.79. The minimum absolute atomic E-state index is 0.720. The molecule has 0 aliphatic rings. The zero-order chi connectivity index (χ0) is 22.1.